The number of halogens is 2. The number of carboxylic acid groups (broad SMARTS) is 1. The lowest BCUT2D eigenvalue weighted by atomic mass is 10.1. The summed E-state index contributed by atoms with van der Waals surface area (Å²) in [6, 6.07) is 19.1. The molecule has 0 bridgehead atoms. The Morgan fingerprint density at radius 3 is 2.49 bits per heavy atom. The number of nitrogens with one attached hydrogen (secondary N) is 1. The van der Waals surface area contributed by atoms with E-state index in [9.17, 15) is 14.7 Å². The fourth-order valence-electron chi connectivity index (χ4n) is 3.29. The Balaban J connectivity index is 1.71. The summed E-state index contributed by atoms with van der Waals surface area (Å²) >= 11 is 9.73. The first-order valence-electron chi connectivity index (χ1n) is 10.9. The van der Waals surface area contributed by atoms with Crippen molar-refractivity contribution in [3.63, 3.8) is 0 Å². The Morgan fingerprint density at radius 1 is 1.09 bits per heavy atom. The quantitative estimate of drug-likeness (QED) is 0.286. The Hall–Kier alpha value is -3.29. The second-order valence-corrected chi connectivity index (χ2v) is 8.83. The second kappa shape index (κ2) is 13.0. The summed E-state index contributed by atoms with van der Waals surface area (Å²) in [6.07, 6.45) is 3.07. The minimum Gasteiger partial charge on any atom is -0.490 e. The number of carbonyl (C=O) groups excluding carboxylic acids is 1. The molecule has 0 radical (unpaired) electrons. The molecular formula is C27H25BrClNO5. The normalized spacial score (nSPS) is 11.7. The van der Waals surface area contributed by atoms with E-state index in [-0.39, 0.29) is 13.0 Å². The Bertz CT molecular complexity index is 1200. The first-order valence-corrected chi connectivity index (χ1v) is 12.1. The minimum atomic E-state index is -1.10. The third kappa shape index (κ3) is 7.87. The van der Waals surface area contributed by atoms with Crippen molar-refractivity contribution >= 4 is 45.5 Å². The van der Waals surface area contributed by atoms with Crippen LogP contribution in [0.1, 0.15) is 23.6 Å². The topological polar surface area (TPSA) is 84.9 Å². The molecule has 0 aliphatic carbocycles. The van der Waals surface area contributed by atoms with Crippen molar-refractivity contribution < 1.29 is 24.2 Å². The molecule has 0 aliphatic heterocycles. The number of aliphatic carboxylic acids is 1. The van der Waals surface area contributed by atoms with Crippen molar-refractivity contribution in [1.82, 2.24) is 5.32 Å². The predicted octanol–water partition coefficient (Wildman–Crippen LogP) is 5.91. The van der Waals surface area contributed by atoms with Gasteiger partial charge in [0, 0.05) is 23.1 Å². The zero-order valence-electron chi connectivity index (χ0n) is 19.0. The fourth-order valence-corrected chi connectivity index (χ4v) is 4.06. The van der Waals surface area contributed by atoms with E-state index in [0.717, 1.165) is 11.1 Å². The van der Waals surface area contributed by atoms with E-state index in [1.165, 1.54) is 6.08 Å². The van der Waals surface area contributed by atoms with E-state index in [1.54, 1.807) is 24.3 Å². The number of carbonyl (C=O) groups is 2. The van der Waals surface area contributed by atoms with Crippen LogP contribution < -0.4 is 14.8 Å². The molecule has 0 saturated carbocycles. The van der Waals surface area contributed by atoms with Gasteiger partial charge >= 0.3 is 5.97 Å². The Labute approximate surface area is 217 Å². The van der Waals surface area contributed by atoms with Gasteiger partial charge in [0.05, 0.1) is 11.1 Å². The van der Waals surface area contributed by atoms with Crippen LogP contribution >= 0.6 is 27.5 Å². The van der Waals surface area contributed by atoms with Gasteiger partial charge in [0.25, 0.3) is 0 Å². The maximum Gasteiger partial charge on any atom is 0.326 e. The smallest absolute Gasteiger partial charge is 0.326 e. The van der Waals surface area contributed by atoms with Crippen molar-refractivity contribution in [2.45, 2.75) is 26.0 Å². The number of carboxylic acids is 1. The van der Waals surface area contributed by atoms with Crippen LogP contribution in [0.15, 0.2) is 77.3 Å². The summed E-state index contributed by atoms with van der Waals surface area (Å²) < 4.78 is 12.4. The number of hydrogen-bond acceptors (Lipinski definition) is 4. The van der Waals surface area contributed by atoms with E-state index < -0.39 is 17.9 Å². The van der Waals surface area contributed by atoms with Gasteiger partial charge in [-0.25, -0.2) is 4.79 Å². The monoisotopic (exact) mass is 557 g/mol. The molecule has 6 nitrogen and oxygen atoms in total. The summed E-state index contributed by atoms with van der Waals surface area (Å²) in [5, 5.41) is 12.6. The van der Waals surface area contributed by atoms with Crippen molar-refractivity contribution in [1.29, 1.82) is 0 Å². The van der Waals surface area contributed by atoms with E-state index >= 15 is 0 Å². The van der Waals surface area contributed by atoms with Crippen molar-refractivity contribution in [2.24, 2.45) is 0 Å². The molecule has 35 heavy (non-hydrogen) atoms. The maximum atomic E-state index is 12.4. The van der Waals surface area contributed by atoms with Crippen LogP contribution in [0.5, 0.6) is 11.5 Å². The molecule has 182 valence electrons. The van der Waals surface area contributed by atoms with E-state index in [1.807, 2.05) is 55.5 Å². The lowest BCUT2D eigenvalue weighted by Crippen LogP contribution is -2.41. The first kappa shape index (κ1) is 26.3. The number of amides is 1. The molecule has 3 rings (SSSR count). The Morgan fingerprint density at radius 2 is 1.80 bits per heavy atom. The highest BCUT2D eigenvalue weighted by atomic mass is 79.9. The lowest BCUT2D eigenvalue weighted by molar-refractivity contribution is -0.141. The molecule has 3 aromatic carbocycles. The Kier molecular flexibility index (Phi) is 9.76. The summed E-state index contributed by atoms with van der Waals surface area (Å²) in [5.74, 6) is -0.595. The molecule has 0 aromatic heterocycles. The number of ether oxygens (including phenoxy) is 2. The largest absolute Gasteiger partial charge is 0.490 e. The number of rotatable bonds is 11. The molecule has 2 N–H and O–H groups in total. The van der Waals surface area contributed by atoms with Gasteiger partial charge in [-0.1, -0.05) is 60.1 Å². The number of benzene rings is 3. The molecule has 0 spiro atoms. The number of hydrogen-bond donors (Lipinski definition) is 2. The SMILES string of the molecule is CCOc1cc(/C=C/C(=O)N[C@H](Cc2ccccc2)C(=O)O)cc(Br)c1OCc1ccccc1Cl. The van der Waals surface area contributed by atoms with E-state index in [0.29, 0.717) is 33.2 Å². The summed E-state index contributed by atoms with van der Waals surface area (Å²) in [5.41, 5.74) is 2.34. The van der Waals surface area contributed by atoms with Gasteiger partial charge in [0.1, 0.15) is 12.6 Å². The average molecular weight is 559 g/mol. The standard InChI is InChI=1S/C27H25BrClNO5/c1-2-34-24-16-19(14-21(28)26(24)35-17-20-10-6-7-11-22(20)29)12-13-25(31)30-23(27(32)33)15-18-8-4-3-5-9-18/h3-14,16,23H,2,15,17H2,1H3,(H,30,31)(H,32,33)/b13-12+/t23-/m1/s1. The molecule has 1 atom stereocenters. The van der Waals surface area contributed by atoms with Crippen molar-refractivity contribution in [3.05, 3.63) is 99.0 Å². The van der Waals surface area contributed by atoms with Gasteiger partial charge in [-0.3, -0.25) is 4.79 Å². The zero-order chi connectivity index (χ0) is 25.2. The van der Waals surface area contributed by atoms with Crippen molar-refractivity contribution in [3.8, 4) is 11.5 Å². The van der Waals surface area contributed by atoms with Crippen LogP contribution in [0.3, 0.4) is 0 Å². The summed E-state index contributed by atoms with van der Waals surface area (Å²) in [4.78, 5) is 24.0. The molecule has 8 heteroatoms. The maximum absolute atomic E-state index is 12.4. The average Bonchev–Trinajstić information content (AvgIpc) is 2.83. The molecule has 0 heterocycles. The van der Waals surface area contributed by atoms with E-state index in [2.05, 4.69) is 21.2 Å². The highest BCUT2D eigenvalue weighted by Crippen LogP contribution is 2.38. The molecular weight excluding hydrogens is 534 g/mol. The van der Waals surface area contributed by atoms with Crippen LogP contribution in [0, 0.1) is 0 Å². The van der Waals surface area contributed by atoms with Gasteiger partial charge in [0.2, 0.25) is 5.91 Å². The third-order valence-corrected chi connectivity index (χ3v) is 5.94. The van der Waals surface area contributed by atoms with Gasteiger partial charge in [-0.05, 0) is 58.3 Å². The molecule has 0 aliphatic rings. The third-order valence-electron chi connectivity index (χ3n) is 4.99. The van der Waals surface area contributed by atoms with Crippen LogP contribution in [-0.2, 0) is 22.6 Å². The molecule has 1 amide bonds. The van der Waals surface area contributed by atoms with Crippen LogP contribution in [0.2, 0.25) is 5.02 Å². The molecule has 0 fully saturated rings. The highest BCUT2D eigenvalue weighted by molar-refractivity contribution is 9.10. The lowest BCUT2D eigenvalue weighted by Gasteiger charge is -2.15. The zero-order valence-corrected chi connectivity index (χ0v) is 21.4. The second-order valence-electron chi connectivity index (χ2n) is 7.57. The van der Waals surface area contributed by atoms with Gasteiger partial charge in [-0.15, -0.1) is 0 Å². The highest BCUT2D eigenvalue weighted by Gasteiger charge is 2.19. The first-order chi connectivity index (χ1) is 16.9. The van der Waals surface area contributed by atoms with Gasteiger partial charge < -0.3 is 19.9 Å². The van der Waals surface area contributed by atoms with E-state index in [4.69, 9.17) is 21.1 Å². The van der Waals surface area contributed by atoms with Gasteiger partial charge in [-0.2, -0.15) is 0 Å². The molecule has 3 aromatic rings. The predicted molar refractivity (Wildman–Crippen MR) is 140 cm³/mol. The minimum absolute atomic E-state index is 0.188. The van der Waals surface area contributed by atoms with Crippen LogP contribution in [0.25, 0.3) is 6.08 Å². The van der Waals surface area contributed by atoms with Crippen LogP contribution in [-0.4, -0.2) is 29.6 Å². The summed E-state index contributed by atoms with van der Waals surface area (Å²) in [7, 11) is 0. The summed E-state index contributed by atoms with van der Waals surface area (Å²) in [6.45, 7) is 2.54. The molecule has 0 saturated heterocycles. The van der Waals surface area contributed by atoms with Crippen molar-refractivity contribution in [2.75, 3.05) is 6.61 Å². The van der Waals surface area contributed by atoms with Gasteiger partial charge in [0.15, 0.2) is 11.5 Å². The molecule has 0 unspecified atom stereocenters. The fraction of sp³-hybridized carbons (Fsp3) is 0.185. The van der Waals surface area contributed by atoms with Crippen LogP contribution in [0.4, 0.5) is 0 Å².